The van der Waals surface area contributed by atoms with Crippen molar-refractivity contribution in [1.82, 2.24) is 10.8 Å². The number of amides is 1. The lowest BCUT2D eigenvalue weighted by atomic mass is 9.96. The molecular weight excluding hydrogens is 476 g/mol. The van der Waals surface area contributed by atoms with Crippen LogP contribution in [0.2, 0.25) is 0 Å². The van der Waals surface area contributed by atoms with Gasteiger partial charge in [0.25, 0.3) is 5.91 Å². The lowest BCUT2D eigenvalue weighted by molar-refractivity contribution is -0.201. The van der Waals surface area contributed by atoms with Crippen LogP contribution in [-0.2, 0) is 24.2 Å². The van der Waals surface area contributed by atoms with Crippen LogP contribution in [0.4, 0.5) is 0 Å². The van der Waals surface area contributed by atoms with Crippen molar-refractivity contribution in [1.29, 1.82) is 0 Å². The van der Waals surface area contributed by atoms with Gasteiger partial charge in [-0.3, -0.25) is 4.79 Å². The highest BCUT2D eigenvalue weighted by atomic mass is 32.2. The molecule has 11 heteroatoms. The molecule has 0 spiro atoms. The molecule has 0 aliphatic carbocycles. The predicted molar refractivity (Wildman–Crippen MR) is 124 cm³/mol. The topological polar surface area (TPSA) is 121 Å². The second-order valence-corrected chi connectivity index (χ2v) is 10.9. The molecule has 0 radical (unpaired) electrons. The molecule has 10 nitrogen and oxygen atoms in total. The van der Waals surface area contributed by atoms with Gasteiger partial charge in [-0.1, -0.05) is 0 Å². The monoisotopic (exact) mass is 504 g/mol. The fraction of sp³-hybridized carbons (Fsp3) is 0.458. The van der Waals surface area contributed by atoms with Crippen LogP contribution in [0.15, 0.2) is 47.4 Å². The van der Waals surface area contributed by atoms with E-state index >= 15 is 0 Å². The van der Waals surface area contributed by atoms with Crippen LogP contribution in [-0.4, -0.2) is 51.9 Å². The van der Waals surface area contributed by atoms with Gasteiger partial charge >= 0.3 is 0 Å². The number of carbonyl (C=O) groups excluding carboxylic acids is 1. The first-order valence-corrected chi connectivity index (χ1v) is 13.2. The molecule has 35 heavy (non-hydrogen) atoms. The van der Waals surface area contributed by atoms with Gasteiger partial charge in [-0.05, 0) is 75.2 Å². The summed E-state index contributed by atoms with van der Waals surface area (Å²) in [6.07, 6.45) is 2.20. The van der Waals surface area contributed by atoms with Crippen LogP contribution < -0.4 is 25.0 Å². The summed E-state index contributed by atoms with van der Waals surface area (Å²) in [5, 5.41) is 3.13. The molecule has 2 saturated heterocycles. The van der Waals surface area contributed by atoms with Crippen molar-refractivity contribution >= 4 is 15.7 Å². The fourth-order valence-electron chi connectivity index (χ4n) is 4.45. The number of carbonyl (C=O) groups is 1. The molecule has 2 aromatic rings. The largest absolute Gasteiger partial charge is 0.457 e. The normalized spacial score (nSPS) is 21.3. The SMILES string of the molecule is O=C(NOC1CCCCO1)C1(S(=O)(=O)c2ccc(Oc3ccc4c(c3)OCO4)cc2)CCNCC1. The fourth-order valence-corrected chi connectivity index (χ4v) is 6.43. The molecule has 0 saturated carbocycles. The summed E-state index contributed by atoms with van der Waals surface area (Å²) in [4.78, 5) is 18.7. The molecule has 0 bridgehead atoms. The predicted octanol–water partition coefficient (Wildman–Crippen LogP) is 2.68. The zero-order valence-corrected chi connectivity index (χ0v) is 20.0. The zero-order valence-electron chi connectivity index (χ0n) is 19.2. The highest BCUT2D eigenvalue weighted by Crippen LogP contribution is 2.38. The van der Waals surface area contributed by atoms with E-state index in [4.69, 9.17) is 23.8 Å². The Bertz CT molecular complexity index is 1160. The maximum Gasteiger partial charge on any atom is 0.265 e. The maximum atomic E-state index is 13.8. The van der Waals surface area contributed by atoms with Crippen LogP contribution in [0.5, 0.6) is 23.0 Å². The third-order valence-corrected chi connectivity index (χ3v) is 8.99. The van der Waals surface area contributed by atoms with Crippen molar-refractivity contribution in [3.8, 4) is 23.0 Å². The minimum absolute atomic E-state index is 0.0431. The molecule has 1 unspecified atom stereocenters. The highest BCUT2D eigenvalue weighted by molar-refractivity contribution is 7.93. The first-order chi connectivity index (χ1) is 17.0. The number of nitrogens with one attached hydrogen (secondary N) is 2. The molecule has 0 aromatic heterocycles. The summed E-state index contributed by atoms with van der Waals surface area (Å²) in [6.45, 7) is 1.51. The van der Waals surface area contributed by atoms with E-state index in [1.165, 1.54) is 12.1 Å². The Morgan fingerprint density at radius 1 is 1.00 bits per heavy atom. The molecule has 1 amide bonds. The van der Waals surface area contributed by atoms with Crippen molar-refractivity contribution in [3.05, 3.63) is 42.5 Å². The van der Waals surface area contributed by atoms with Crippen LogP contribution >= 0.6 is 0 Å². The number of fused-ring (bicyclic) bond motifs is 1. The third-order valence-electron chi connectivity index (χ3n) is 6.47. The van der Waals surface area contributed by atoms with E-state index in [2.05, 4.69) is 10.8 Å². The van der Waals surface area contributed by atoms with Crippen LogP contribution in [0.3, 0.4) is 0 Å². The number of benzene rings is 2. The van der Waals surface area contributed by atoms with Gasteiger partial charge in [0, 0.05) is 19.1 Å². The van der Waals surface area contributed by atoms with Gasteiger partial charge in [0.2, 0.25) is 6.79 Å². The molecule has 3 aliphatic rings. The lowest BCUT2D eigenvalue weighted by Gasteiger charge is -2.35. The Hall–Kier alpha value is -2.86. The summed E-state index contributed by atoms with van der Waals surface area (Å²) in [5.41, 5.74) is 2.39. The van der Waals surface area contributed by atoms with E-state index in [1.54, 1.807) is 30.3 Å². The quantitative estimate of drug-likeness (QED) is 0.548. The van der Waals surface area contributed by atoms with Gasteiger partial charge in [-0.15, -0.1) is 0 Å². The van der Waals surface area contributed by atoms with Crippen LogP contribution in [0, 0.1) is 0 Å². The Balaban J connectivity index is 1.32. The molecule has 1 atom stereocenters. The average molecular weight is 505 g/mol. The van der Waals surface area contributed by atoms with Gasteiger partial charge in [-0.25, -0.2) is 18.7 Å². The van der Waals surface area contributed by atoms with Gasteiger partial charge in [0.15, 0.2) is 32.4 Å². The first kappa shape index (κ1) is 23.9. The van der Waals surface area contributed by atoms with E-state index < -0.39 is 26.8 Å². The van der Waals surface area contributed by atoms with E-state index in [9.17, 15) is 13.2 Å². The first-order valence-electron chi connectivity index (χ1n) is 11.7. The Kier molecular flexibility index (Phi) is 6.83. The standard InChI is InChI=1S/C24H28N2O8S/c27-23(26-34-22-3-1-2-14-30-22)24(10-12-25-13-11-24)35(28,29)19-7-4-17(5-8-19)33-18-6-9-20-21(15-18)32-16-31-20/h4-9,15,22,25H,1-3,10-14,16H2,(H,26,27). The van der Waals surface area contributed by atoms with Crippen LogP contribution in [0.1, 0.15) is 32.1 Å². The summed E-state index contributed by atoms with van der Waals surface area (Å²) >= 11 is 0. The van der Waals surface area contributed by atoms with Gasteiger partial charge in [-0.2, -0.15) is 0 Å². The van der Waals surface area contributed by atoms with E-state index in [0.717, 1.165) is 12.8 Å². The second-order valence-electron chi connectivity index (χ2n) is 8.68. The molecule has 5 rings (SSSR count). The van der Waals surface area contributed by atoms with E-state index in [0.29, 0.717) is 49.1 Å². The average Bonchev–Trinajstić information content (AvgIpc) is 3.36. The van der Waals surface area contributed by atoms with Crippen molar-refractivity contribution in [3.63, 3.8) is 0 Å². The molecule has 2 aromatic carbocycles. The molecule has 2 N–H and O–H groups in total. The Labute approximate surface area is 203 Å². The van der Waals surface area contributed by atoms with Gasteiger partial charge in [0.05, 0.1) is 4.90 Å². The number of piperidine rings is 1. The molecular formula is C24H28N2O8S. The molecule has 3 heterocycles. The second kappa shape index (κ2) is 10.0. The van der Waals surface area contributed by atoms with Crippen molar-refractivity contribution in [2.75, 3.05) is 26.5 Å². The van der Waals surface area contributed by atoms with E-state index in [-0.39, 0.29) is 24.5 Å². The number of rotatable bonds is 7. The third kappa shape index (κ3) is 4.81. The Morgan fingerprint density at radius 3 is 2.49 bits per heavy atom. The van der Waals surface area contributed by atoms with Gasteiger partial charge in [0.1, 0.15) is 11.5 Å². The summed E-state index contributed by atoms with van der Waals surface area (Å²) in [6, 6.07) is 11.2. The maximum absolute atomic E-state index is 13.8. The molecule has 188 valence electrons. The van der Waals surface area contributed by atoms with Crippen molar-refractivity contribution in [2.24, 2.45) is 0 Å². The highest BCUT2D eigenvalue weighted by Gasteiger charge is 2.52. The molecule has 2 fully saturated rings. The number of hydrogen-bond donors (Lipinski definition) is 2. The van der Waals surface area contributed by atoms with Crippen molar-refractivity contribution in [2.45, 2.75) is 48.0 Å². The molecule has 3 aliphatic heterocycles. The summed E-state index contributed by atoms with van der Waals surface area (Å²) in [7, 11) is -4.04. The van der Waals surface area contributed by atoms with Crippen LogP contribution in [0.25, 0.3) is 0 Å². The number of sulfone groups is 1. The lowest BCUT2D eigenvalue weighted by Crippen LogP contribution is -2.58. The number of ether oxygens (including phenoxy) is 4. The van der Waals surface area contributed by atoms with Gasteiger partial charge < -0.3 is 24.3 Å². The zero-order chi connectivity index (χ0) is 24.3. The number of hydroxylamine groups is 1. The van der Waals surface area contributed by atoms with Crippen molar-refractivity contribution < 1.29 is 37.0 Å². The minimum Gasteiger partial charge on any atom is -0.457 e. The minimum atomic E-state index is -4.04. The summed E-state index contributed by atoms with van der Waals surface area (Å²) < 4.78 is 47.8. The summed E-state index contributed by atoms with van der Waals surface area (Å²) in [5.74, 6) is 1.53. The smallest absolute Gasteiger partial charge is 0.265 e. The Morgan fingerprint density at radius 2 is 1.74 bits per heavy atom. The van der Waals surface area contributed by atoms with E-state index in [1.807, 2.05) is 0 Å². The number of hydrogen-bond acceptors (Lipinski definition) is 9.